The molecule has 0 saturated carbocycles. The SMILES string of the molecule is COCCN1C[C@@H]2C(=O)N(C)C3(CCN(S(=O)(=O)c4cccc(C#N)c4)CC3)[C@@H]2C1.O=C(O)C(F)(F)F. The summed E-state index contributed by atoms with van der Waals surface area (Å²) in [7, 11) is -0.109. The number of carboxylic acids is 1. The molecule has 1 spiro atoms. The normalized spacial score (nSPS) is 23.9. The molecule has 1 aromatic rings. The Kier molecular flexibility index (Phi) is 8.53. The van der Waals surface area contributed by atoms with Crippen LogP contribution in [-0.4, -0.2) is 105 Å². The number of hydrogen-bond acceptors (Lipinski definition) is 7. The number of nitrogens with zero attached hydrogens (tertiary/aromatic N) is 4. The smallest absolute Gasteiger partial charge is 0.475 e. The first-order valence-electron chi connectivity index (χ1n) is 11.6. The van der Waals surface area contributed by atoms with Gasteiger partial charge in [-0.2, -0.15) is 22.7 Å². The fourth-order valence-corrected chi connectivity index (χ4v) is 6.98. The summed E-state index contributed by atoms with van der Waals surface area (Å²) in [4.78, 5) is 26.2. The number of fused-ring (bicyclic) bond motifs is 2. The van der Waals surface area contributed by atoms with Crippen molar-refractivity contribution in [1.29, 1.82) is 5.26 Å². The lowest BCUT2D eigenvalue weighted by atomic mass is 9.75. The summed E-state index contributed by atoms with van der Waals surface area (Å²) >= 11 is 0. The van der Waals surface area contributed by atoms with Crippen LogP contribution < -0.4 is 0 Å². The number of hydrogen-bond donors (Lipinski definition) is 1. The molecule has 1 N–H and O–H groups in total. The number of carbonyl (C=O) groups excluding carboxylic acids is 1. The van der Waals surface area contributed by atoms with Gasteiger partial charge in [-0.1, -0.05) is 6.07 Å². The third-order valence-corrected chi connectivity index (χ3v) is 9.34. The van der Waals surface area contributed by atoms with Crippen LogP contribution in [-0.2, 0) is 24.3 Å². The van der Waals surface area contributed by atoms with Crippen LogP contribution in [0.1, 0.15) is 18.4 Å². The zero-order valence-electron chi connectivity index (χ0n) is 20.4. The molecule has 1 amide bonds. The predicted molar refractivity (Wildman–Crippen MR) is 124 cm³/mol. The molecule has 10 nitrogen and oxygen atoms in total. The van der Waals surface area contributed by atoms with Crippen LogP contribution in [0.2, 0.25) is 0 Å². The molecule has 3 saturated heterocycles. The first-order chi connectivity index (χ1) is 17.3. The lowest BCUT2D eigenvalue weighted by Crippen LogP contribution is -2.56. The highest BCUT2D eigenvalue weighted by Crippen LogP contribution is 2.49. The van der Waals surface area contributed by atoms with Gasteiger partial charge in [0.05, 0.1) is 29.1 Å². The van der Waals surface area contributed by atoms with E-state index in [0.29, 0.717) is 38.1 Å². The number of likely N-dealkylation sites (tertiary alicyclic amines) is 2. The molecule has 3 heterocycles. The highest BCUT2D eigenvalue weighted by atomic mass is 32.2. The number of amides is 1. The Morgan fingerprint density at radius 2 is 1.89 bits per heavy atom. The zero-order chi connectivity index (χ0) is 27.6. The van der Waals surface area contributed by atoms with E-state index < -0.39 is 22.2 Å². The van der Waals surface area contributed by atoms with Gasteiger partial charge in [0.15, 0.2) is 0 Å². The van der Waals surface area contributed by atoms with E-state index in [0.717, 1.165) is 19.6 Å². The molecular weight excluding hydrogens is 517 g/mol. The molecular formula is C23H29F3N4O6S. The van der Waals surface area contributed by atoms with Crippen molar-refractivity contribution in [1.82, 2.24) is 14.1 Å². The third kappa shape index (κ3) is 5.74. The van der Waals surface area contributed by atoms with Crippen LogP contribution >= 0.6 is 0 Å². The number of methoxy groups -OCH3 is 1. The van der Waals surface area contributed by atoms with Gasteiger partial charge in [0.25, 0.3) is 0 Å². The van der Waals surface area contributed by atoms with Crippen LogP contribution in [0.4, 0.5) is 13.2 Å². The maximum Gasteiger partial charge on any atom is 0.490 e. The predicted octanol–water partition coefficient (Wildman–Crippen LogP) is 1.38. The standard InChI is InChI=1S/C21H28N4O4S.C2HF3O2/c1-23-20(26)18-14-24(10-11-29-2)15-19(18)21(23)6-8-25(9-7-21)30(27,28)17-5-3-4-16(12-17)13-22;3-2(4,5)1(6)7/h3-5,12,18-19H,6-11,14-15H2,1-2H3;(H,6,7)/t18-,19+;/m0./s1. The maximum absolute atomic E-state index is 13.1. The van der Waals surface area contributed by atoms with E-state index in [2.05, 4.69) is 4.90 Å². The minimum atomic E-state index is -5.08. The highest BCUT2D eigenvalue weighted by Gasteiger charge is 2.60. The van der Waals surface area contributed by atoms with Crippen molar-refractivity contribution in [2.24, 2.45) is 11.8 Å². The summed E-state index contributed by atoms with van der Waals surface area (Å²) in [6.45, 7) is 3.80. The Balaban J connectivity index is 0.000000479. The van der Waals surface area contributed by atoms with Gasteiger partial charge in [-0.05, 0) is 31.0 Å². The van der Waals surface area contributed by atoms with Gasteiger partial charge in [-0.3, -0.25) is 9.69 Å². The Morgan fingerprint density at radius 3 is 2.43 bits per heavy atom. The summed E-state index contributed by atoms with van der Waals surface area (Å²) < 4.78 is 64.7. The molecule has 3 aliphatic rings. The van der Waals surface area contributed by atoms with Crippen molar-refractivity contribution in [2.75, 3.05) is 53.5 Å². The van der Waals surface area contributed by atoms with E-state index in [9.17, 15) is 26.4 Å². The molecule has 204 valence electrons. The van der Waals surface area contributed by atoms with Crippen molar-refractivity contribution >= 4 is 21.9 Å². The number of sulfonamides is 1. The van der Waals surface area contributed by atoms with Crippen LogP contribution in [0.15, 0.2) is 29.2 Å². The van der Waals surface area contributed by atoms with Crippen molar-refractivity contribution in [3.63, 3.8) is 0 Å². The zero-order valence-corrected chi connectivity index (χ0v) is 21.3. The molecule has 0 radical (unpaired) electrons. The minimum absolute atomic E-state index is 0.0117. The van der Waals surface area contributed by atoms with Gasteiger partial charge in [-0.25, -0.2) is 13.2 Å². The number of carbonyl (C=O) groups is 2. The van der Waals surface area contributed by atoms with E-state index in [1.165, 1.54) is 16.4 Å². The molecule has 0 aliphatic carbocycles. The number of benzene rings is 1. The fraction of sp³-hybridized carbons (Fsp3) is 0.609. The summed E-state index contributed by atoms with van der Waals surface area (Å²) in [5, 5.41) is 16.2. The second kappa shape index (κ2) is 10.9. The average Bonchev–Trinajstić information content (AvgIpc) is 3.37. The minimum Gasteiger partial charge on any atom is -0.475 e. The number of halogens is 3. The molecule has 1 aromatic carbocycles. The van der Waals surface area contributed by atoms with Crippen LogP contribution in [0.5, 0.6) is 0 Å². The average molecular weight is 547 g/mol. The van der Waals surface area contributed by atoms with E-state index in [-0.39, 0.29) is 28.2 Å². The third-order valence-electron chi connectivity index (χ3n) is 7.44. The fourth-order valence-electron chi connectivity index (χ4n) is 5.50. The molecule has 3 fully saturated rings. The van der Waals surface area contributed by atoms with Gasteiger partial charge >= 0.3 is 12.1 Å². The Morgan fingerprint density at radius 1 is 1.27 bits per heavy atom. The van der Waals surface area contributed by atoms with Crippen LogP contribution in [0.3, 0.4) is 0 Å². The van der Waals surface area contributed by atoms with Crippen molar-refractivity contribution < 1.29 is 41.0 Å². The molecule has 3 aliphatic heterocycles. The quantitative estimate of drug-likeness (QED) is 0.586. The lowest BCUT2D eigenvalue weighted by Gasteiger charge is -2.46. The van der Waals surface area contributed by atoms with Crippen LogP contribution in [0.25, 0.3) is 0 Å². The largest absolute Gasteiger partial charge is 0.490 e. The second-order valence-corrected chi connectivity index (χ2v) is 11.3. The molecule has 0 unspecified atom stereocenters. The van der Waals surface area contributed by atoms with E-state index >= 15 is 0 Å². The molecule has 37 heavy (non-hydrogen) atoms. The van der Waals surface area contributed by atoms with Crippen molar-refractivity contribution in [3.8, 4) is 6.07 Å². The van der Waals surface area contributed by atoms with Gasteiger partial charge in [0, 0.05) is 58.3 Å². The monoisotopic (exact) mass is 546 g/mol. The first-order valence-corrected chi connectivity index (χ1v) is 13.0. The Labute approximate surface area is 213 Å². The molecule has 4 rings (SSSR count). The number of nitriles is 1. The first kappa shape index (κ1) is 28.8. The number of rotatable bonds is 5. The molecule has 14 heteroatoms. The van der Waals surface area contributed by atoms with Crippen molar-refractivity contribution in [3.05, 3.63) is 29.8 Å². The van der Waals surface area contributed by atoms with Gasteiger partial charge in [0.1, 0.15) is 0 Å². The lowest BCUT2D eigenvalue weighted by molar-refractivity contribution is -0.192. The topological polar surface area (TPSA) is 131 Å². The van der Waals surface area contributed by atoms with Crippen LogP contribution in [0, 0.1) is 23.2 Å². The number of ether oxygens (including phenoxy) is 1. The number of piperidine rings is 1. The van der Waals surface area contributed by atoms with Gasteiger partial charge < -0.3 is 14.7 Å². The Hall–Kier alpha value is -2.73. The summed E-state index contributed by atoms with van der Waals surface area (Å²) in [6, 6.07) is 8.14. The molecule has 0 bridgehead atoms. The van der Waals surface area contributed by atoms with E-state index in [4.69, 9.17) is 19.9 Å². The summed E-state index contributed by atoms with van der Waals surface area (Å²) in [5.74, 6) is -2.37. The Bertz CT molecular complexity index is 1160. The van der Waals surface area contributed by atoms with E-state index in [1.807, 2.05) is 18.0 Å². The number of carboxylic acid groups (broad SMARTS) is 1. The summed E-state index contributed by atoms with van der Waals surface area (Å²) in [5.41, 5.74) is 0.0417. The molecule has 0 aromatic heterocycles. The summed E-state index contributed by atoms with van der Waals surface area (Å²) in [6.07, 6.45) is -3.82. The van der Waals surface area contributed by atoms with Crippen molar-refractivity contribution in [2.45, 2.75) is 29.5 Å². The maximum atomic E-state index is 13.1. The van der Waals surface area contributed by atoms with Gasteiger partial charge in [-0.15, -0.1) is 0 Å². The van der Waals surface area contributed by atoms with E-state index in [1.54, 1.807) is 19.2 Å². The second-order valence-electron chi connectivity index (χ2n) is 9.31. The molecule has 2 atom stereocenters. The highest BCUT2D eigenvalue weighted by molar-refractivity contribution is 7.89. The number of aliphatic carboxylic acids is 1. The van der Waals surface area contributed by atoms with Gasteiger partial charge in [0.2, 0.25) is 15.9 Å². The number of alkyl halides is 3.